The first-order valence-electron chi connectivity index (χ1n) is 6.39. The van der Waals surface area contributed by atoms with E-state index in [4.69, 9.17) is 9.47 Å². The van der Waals surface area contributed by atoms with E-state index < -0.39 is 0 Å². The fourth-order valence-corrected chi connectivity index (χ4v) is 2.23. The molecule has 0 atom stereocenters. The number of hydrogen-bond acceptors (Lipinski definition) is 4. The van der Waals surface area contributed by atoms with Crippen molar-refractivity contribution < 1.29 is 9.47 Å². The van der Waals surface area contributed by atoms with Gasteiger partial charge in [0.15, 0.2) is 11.5 Å². The number of rotatable bonds is 4. The molecule has 0 saturated carbocycles. The molecule has 0 aliphatic carbocycles. The summed E-state index contributed by atoms with van der Waals surface area (Å²) < 4.78 is 10.7. The third kappa shape index (κ3) is 2.39. The number of benzene rings is 1. The monoisotopic (exact) mass is 274 g/mol. The van der Waals surface area contributed by atoms with Crippen LogP contribution >= 0.6 is 0 Å². The fraction of sp³-hybridized carbons (Fsp3) is 0.333. The number of aromatic nitrogens is 2. The van der Waals surface area contributed by atoms with Crippen LogP contribution in [0, 0.1) is 0 Å². The van der Waals surface area contributed by atoms with Crippen LogP contribution in [-0.4, -0.2) is 24.2 Å². The zero-order chi connectivity index (χ0) is 14.7. The first-order chi connectivity index (χ1) is 9.60. The molecule has 1 N–H and O–H groups in total. The zero-order valence-corrected chi connectivity index (χ0v) is 12.1. The van der Waals surface area contributed by atoms with Crippen LogP contribution in [0.25, 0.3) is 11.3 Å². The topological polar surface area (TPSA) is 64.2 Å². The second-order valence-electron chi connectivity index (χ2n) is 4.69. The predicted molar refractivity (Wildman–Crippen MR) is 77.5 cm³/mol. The summed E-state index contributed by atoms with van der Waals surface area (Å²) in [7, 11) is 3.15. The van der Waals surface area contributed by atoms with Gasteiger partial charge in [-0.1, -0.05) is 19.9 Å². The van der Waals surface area contributed by atoms with Crippen LogP contribution in [0.4, 0.5) is 0 Å². The van der Waals surface area contributed by atoms with Gasteiger partial charge in [0.05, 0.1) is 26.2 Å². The number of aromatic amines is 1. The quantitative estimate of drug-likeness (QED) is 0.930. The molecule has 0 unspecified atom stereocenters. The van der Waals surface area contributed by atoms with E-state index in [1.54, 1.807) is 14.2 Å². The van der Waals surface area contributed by atoms with Crippen molar-refractivity contribution in [1.29, 1.82) is 0 Å². The van der Waals surface area contributed by atoms with Gasteiger partial charge in [-0.15, -0.1) is 0 Å². The minimum atomic E-state index is -0.130. The molecule has 0 aliphatic heterocycles. The molecule has 1 aromatic heterocycles. The van der Waals surface area contributed by atoms with E-state index in [0.717, 1.165) is 5.56 Å². The minimum absolute atomic E-state index is 0.0540. The lowest BCUT2D eigenvalue weighted by Gasteiger charge is -2.15. The van der Waals surface area contributed by atoms with Crippen molar-refractivity contribution in [3.63, 3.8) is 0 Å². The highest BCUT2D eigenvalue weighted by molar-refractivity contribution is 5.73. The third-order valence-corrected chi connectivity index (χ3v) is 3.12. The minimum Gasteiger partial charge on any atom is -0.493 e. The van der Waals surface area contributed by atoms with Crippen molar-refractivity contribution in [2.75, 3.05) is 14.2 Å². The Balaban J connectivity index is 2.75. The fourth-order valence-electron chi connectivity index (χ4n) is 2.23. The van der Waals surface area contributed by atoms with E-state index >= 15 is 0 Å². The molecule has 5 nitrogen and oxygen atoms in total. The second-order valence-corrected chi connectivity index (χ2v) is 4.69. The molecule has 2 rings (SSSR count). The van der Waals surface area contributed by atoms with Crippen LogP contribution in [0.1, 0.15) is 25.3 Å². The number of ether oxygens (including phenoxy) is 2. The SMILES string of the molecule is COc1cccc(-c2nc[nH]c(=O)c2C(C)C)c1OC. The van der Waals surface area contributed by atoms with Gasteiger partial charge in [0, 0.05) is 11.1 Å². The molecule has 0 bridgehead atoms. The standard InChI is InChI=1S/C15H18N2O3/c1-9(2)12-13(16-8-17-15(12)18)10-6-5-7-11(19-3)14(10)20-4/h5-9H,1-4H3,(H,16,17,18). The molecule has 0 spiro atoms. The van der Waals surface area contributed by atoms with Gasteiger partial charge in [-0.05, 0) is 18.1 Å². The molecule has 2 aromatic rings. The predicted octanol–water partition coefficient (Wildman–Crippen LogP) is 2.58. The molecule has 106 valence electrons. The van der Waals surface area contributed by atoms with E-state index in [1.807, 2.05) is 32.0 Å². The lowest BCUT2D eigenvalue weighted by atomic mass is 9.97. The lowest BCUT2D eigenvalue weighted by molar-refractivity contribution is 0.356. The van der Waals surface area contributed by atoms with Gasteiger partial charge in [0.2, 0.25) is 0 Å². The average molecular weight is 274 g/mol. The highest BCUT2D eigenvalue weighted by atomic mass is 16.5. The highest BCUT2D eigenvalue weighted by Crippen LogP contribution is 2.38. The molecule has 1 heterocycles. The molecule has 1 aromatic carbocycles. The first kappa shape index (κ1) is 14.1. The van der Waals surface area contributed by atoms with E-state index in [1.165, 1.54) is 6.33 Å². The summed E-state index contributed by atoms with van der Waals surface area (Å²) in [6.45, 7) is 3.92. The average Bonchev–Trinajstić information content (AvgIpc) is 2.45. The summed E-state index contributed by atoms with van der Waals surface area (Å²) in [5.41, 5.74) is 1.88. The van der Waals surface area contributed by atoms with Crippen LogP contribution in [0.3, 0.4) is 0 Å². The molecular weight excluding hydrogens is 256 g/mol. The first-order valence-corrected chi connectivity index (χ1v) is 6.39. The Kier molecular flexibility index (Phi) is 4.08. The largest absolute Gasteiger partial charge is 0.493 e. The van der Waals surface area contributed by atoms with Crippen molar-refractivity contribution >= 4 is 0 Å². The number of nitrogens with one attached hydrogen (secondary N) is 1. The van der Waals surface area contributed by atoms with E-state index in [-0.39, 0.29) is 11.5 Å². The van der Waals surface area contributed by atoms with Gasteiger partial charge in [-0.25, -0.2) is 4.98 Å². The molecule has 0 fully saturated rings. The molecule has 20 heavy (non-hydrogen) atoms. The van der Waals surface area contributed by atoms with Gasteiger partial charge < -0.3 is 14.5 Å². The van der Waals surface area contributed by atoms with E-state index in [2.05, 4.69) is 9.97 Å². The van der Waals surface area contributed by atoms with Crippen LogP contribution in [0.15, 0.2) is 29.3 Å². The Labute approximate surface area is 117 Å². The molecule has 5 heteroatoms. The van der Waals surface area contributed by atoms with E-state index in [0.29, 0.717) is 22.8 Å². The maximum absolute atomic E-state index is 12.0. The Bertz CT molecular complexity index is 662. The van der Waals surface area contributed by atoms with Crippen LogP contribution in [0.5, 0.6) is 11.5 Å². The molecule has 0 aliphatic rings. The number of hydrogen-bond donors (Lipinski definition) is 1. The van der Waals surface area contributed by atoms with Crippen LogP contribution in [-0.2, 0) is 0 Å². The normalized spacial score (nSPS) is 10.7. The second kappa shape index (κ2) is 5.77. The summed E-state index contributed by atoms with van der Waals surface area (Å²) in [4.78, 5) is 19.0. The van der Waals surface area contributed by atoms with Gasteiger partial charge >= 0.3 is 0 Å². The number of H-pyrrole nitrogens is 1. The Hall–Kier alpha value is -2.30. The van der Waals surface area contributed by atoms with Crippen LogP contribution < -0.4 is 15.0 Å². The molecular formula is C15H18N2O3. The van der Waals surface area contributed by atoms with Crippen molar-refractivity contribution in [2.45, 2.75) is 19.8 Å². The van der Waals surface area contributed by atoms with Gasteiger partial charge in [0.25, 0.3) is 5.56 Å². The van der Waals surface area contributed by atoms with Crippen molar-refractivity contribution in [2.24, 2.45) is 0 Å². The zero-order valence-electron chi connectivity index (χ0n) is 12.1. The number of methoxy groups -OCH3 is 2. The molecule has 0 radical (unpaired) electrons. The van der Waals surface area contributed by atoms with Crippen molar-refractivity contribution in [3.05, 3.63) is 40.4 Å². The van der Waals surface area contributed by atoms with Crippen molar-refractivity contribution in [3.8, 4) is 22.8 Å². The Morgan fingerprint density at radius 1 is 1.20 bits per heavy atom. The van der Waals surface area contributed by atoms with Crippen LogP contribution in [0.2, 0.25) is 0 Å². The smallest absolute Gasteiger partial charge is 0.254 e. The Morgan fingerprint density at radius 2 is 1.95 bits per heavy atom. The van der Waals surface area contributed by atoms with Gasteiger partial charge in [-0.3, -0.25) is 4.79 Å². The molecule has 0 amide bonds. The summed E-state index contributed by atoms with van der Waals surface area (Å²) >= 11 is 0. The lowest BCUT2D eigenvalue weighted by Crippen LogP contribution is -2.16. The highest BCUT2D eigenvalue weighted by Gasteiger charge is 2.19. The summed E-state index contributed by atoms with van der Waals surface area (Å²) in [6, 6.07) is 5.53. The Morgan fingerprint density at radius 3 is 2.55 bits per heavy atom. The van der Waals surface area contributed by atoms with E-state index in [9.17, 15) is 4.79 Å². The summed E-state index contributed by atoms with van der Waals surface area (Å²) in [5.74, 6) is 1.25. The number of nitrogens with zero attached hydrogens (tertiary/aromatic N) is 1. The summed E-state index contributed by atoms with van der Waals surface area (Å²) in [5, 5.41) is 0. The maximum Gasteiger partial charge on any atom is 0.254 e. The van der Waals surface area contributed by atoms with Crippen molar-refractivity contribution in [1.82, 2.24) is 9.97 Å². The third-order valence-electron chi connectivity index (χ3n) is 3.12. The van der Waals surface area contributed by atoms with Gasteiger partial charge in [-0.2, -0.15) is 0 Å². The number of para-hydroxylation sites is 1. The molecule has 0 saturated heterocycles. The summed E-state index contributed by atoms with van der Waals surface area (Å²) in [6.07, 6.45) is 1.41. The van der Waals surface area contributed by atoms with Gasteiger partial charge in [0.1, 0.15) is 0 Å². The maximum atomic E-state index is 12.0.